The van der Waals surface area contributed by atoms with Crippen molar-refractivity contribution in [1.29, 1.82) is 0 Å². The Hall–Kier alpha value is -2.92. The van der Waals surface area contributed by atoms with Crippen molar-refractivity contribution in [2.24, 2.45) is 0 Å². The van der Waals surface area contributed by atoms with Gasteiger partial charge >= 0.3 is 5.97 Å². The van der Waals surface area contributed by atoms with E-state index < -0.39 is 0 Å². The number of nitrogens with one attached hydrogen (secondary N) is 1. The van der Waals surface area contributed by atoms with Gasteiger partial charge in [-0.25, -0.2) is 0 Å². The second-order valence-corrected chi connectivity index (χ2v) is 5.96. The maximum absolute atomic E-state index is 11.5. The van der Waals surface area contributed by atoms with E-state index in [0.717, 1.165) is 28.5 Å². The van der Waals surface area contributed by atoms with E-state index in [0.29, 0.717) is 6.54 Å². The van der Waals surface area contributed by atoms with Crippen molar-refractivity contribution >= 4 is 5.97 Å². The number of benzene rings is 1. The Labute approximate surface area is 160 Å². The minimum absolute atomic E-state index is 0.292. The number of nitrogens with zero attached hydrogens (tertiary/aromatic N) is 1. The molecule has 1 atom stereocenters. The molecule has 0 radical (unpaired) electrons. The third-order valence-electron chi connectivity index (χ3n) is 3.95. The van der Waals surface area contributed by atoms with Crippen LogP contribution < -0.4 is 10.1 Å². The number of allylic oxidation sites excluding steroid dienone is 3. The number of carbonyl (C=O) groups is 1. The van der Waals surface area contributed by atoms with Crippen LogP contribution in [-0.2, 0) is 16.1 Å². The Morgan fingerprint density at radius 1 is 1.19 bits per heavy atom. The Balaban J connectivity index is 2.07. The van der Waals surface area contributed by atoms with Crippen molar-refractivity contribution in [3.8, 4) is 17.0 Å². The van der Waals surface area contributed by atoms with Crippen LogP contribution >= 0.6 is 0 Å². The summed E-state index contributed by atoms with van der Waals surface area (Å²) in [6.07, 6.45) is 5.77. The molecule has 1 aromatic heterocycles. The van der Waals surface area contributed by atoms with E-state index in [1.165, 1.54) is 7.11 Å². The van der Waals surface area contributed by atoms with Crippen LogP contribution in [0.4, 0.5) is 0 Å². The number of methoxy groups -OCH3 is 1. The van der Waals surface area contributed by atoms with E-state index in [1.54, 1.807) is 6.92 Å². The van der Waals surface area contributed by atoms with Crippen molar-refractivity contribution < 1.29 is 14.3 Å². The summed E-state index contributed by atoms with van der Waals surface area (Å²) in [5.41, 5.74) is 2.72. The highest BCUT2D eigenvalue weighted by Gasteiger charge is 2.12. The number of rotatable bonds is 8. The summed E-state index contributed by atoms with van der Waals surface area (Å²) >= 11 is 0. The SMILES string of the molecule is CC=CC(=CC)Oc1ccc(-c2cccc(CNC(C)C(=O)OC)n2)cc1. The molecular formula is C22H26N2O3. The van der Waals surface area contributed by atoms with Crippen molar-refractivity contribution in [2.75, 3.05) is 7.11 Å². The Kier molecular flexibility index (Phi) is 7.77. The van der Waals surface area contributed by atoms with Gasteiger partial charge in [0.25, 0.3) is 0 Å². The number of esters is 1. The normalized spacial score (nSPS) is 12.8. The van der Waals surface area contributed by atoms with Crippen molar-refractivity contribution in [3.63, 3.8) is 0 Å². The largest absolute Gasteiger partial charge is 0.468 e. The summed E-state index contributed by atoms with van der Waals surface area (Å²) in [4.78, 5) is 16.1. The maximum Gasteiger partial charge on any atom is 0.322 e. The highest BCUT2D eigenvalue weighted by Crippen LogP contribution is 2.22. The van der Waals surface area contributed by atoms with Gasteiger partial charge in [-0.2, -0.15) is 0 Å². The zero-order valence-corrected chi connectivity index (χ0v) is 16.2. The first-order valence-corrected chi connectivity index (χ1v) is 8.91. The third-order valence-corrected chi connectivity index (χ3v) is 3.95. The van der Waals surface area contributed by atoms with Gasteiger partial charge < -0.3 is 9.47 Å². The molecule has 2 rings (SSSR count). The van der Waals surface area contributed by atoms with Gasteiger partial charge in [0.1, 0.15) is 17.6 Å². The number of carbonyl (C=O) groups excluding carboxylic acids is 1. The molecular weight excluding hydrogens is 340 g/mol. The second kappa shape index (κ2) is 10.3. The Bertz CT molecular complexity index is 811. The third kappa shape index (κ3) is 6.08. The quantitative estimate of drug-likeness (QED) is 0.430. The first-order chi connectivity index (χ1) is 13.1. The molecule has 27 heavy (non-hydrogen) atoms. The highest BCUT2D eigenvalue weighted by atomic mass is 16.5. The monoisotopic (exact) mass is 366 g/mol. The molecule has 0 saturated carbocycles. The molecule has 142 valence electrons. The van der Waals surface area contributed by atoms with Crippen molar-refractivity contribution in [3.05, 3.63) is 72.1 Å². The fourth-order valence-electron chi connectivity index (χ4n) is 2.44. The predicted octanol–water partition coefficient (Wildman–Crippen LogP) is 4.26. The molecule has 0 amide bonds. The molecule has 1 aromatic carbocycles. The van der Waals surface area contributed by atoms with Gasteiger partial charge in [0.05, 0.1) is 18.5 Å². The molecule has 2 aromatic rings. The van der Waals surface area contributed by atoms with E-state index in [-0.39, 0.29) is 12.0 Å². The average molecular weight is 366 g/mol. The van der Waals surface area contributed by atoms with E-state index in [1.807, 2.05) is 74.5 Å². The summed E-state index contributed by atoms with van der Waals surface area (Å²) in [6, 6.07) is 13.3. The molecule has 5 heteroatoms. The number of pyridine rings is 1. The summed E-state index contributed by atoms with van der Waals surface area (Å²) in [7, 11) is 1.38. The van der Waals surface area contributed by atoms with E-state index in [4.69, 9.17) is 9.47 Å². The van der Waals surface area contributed by atoms with Crippen molar-refractivity contribution in [1.82, 2.24) is 10.3 Å². The Morgan fingerprint density at radius 3 is 2.56 bits per heavy atom. The molecule has 0 aliphatic rings. The molecule has 0 spiro atoms. The Morgan fingerprint density at radius 2 is 1.93 bits per heavy atom. The fourth-order valence-corrected chi connectivity index (χ4v) is 2.44. The van der Waals surface area contributed by atoms with Gasteiger partial charge in [0, 0.05) is 12.1 Å². The molecule has 0 aliphatic carbocycles. The molecule has 0 aliphatic heterocycles. The number of hydrogen-bond acceptors (Lipinski definition) is 5. The molecule has 5 nitrogen and oxygen atoms in total. The minimum Gasteiger partial charge on any atom is -0.468 e. The lowest BCUT2D eigenvalue weighted by molar-refractivity contribution is -0.142. The lowest BCUT2D eigenvalue weighted by Crippen LogP contribution is -2.34. The molecule has 1 N–H and O–H groups in total. The van der Waals surface area contributed by atoms with Crippen molar-refractivity contribution in [2.45, 2.75) is 33.4 Å². The zero-order chi connectivity index (χ0) is 19.6. The lowest BCUT2D eigenvalue weighted by atomic mass is 10.1. The standard InChI is InChI=1S/C22H26N2O3/c1-5-8-19(6-2)27-20-13-11-17(12-14-20)21-10-7-9-18(24-21)15-23-16(3)22(25)26-4/h5-14,16,23H,15H2,1-4H3. The van der Waals surface area contributed by atoms with Gasteiger partial charge in [-0.1, -0.05) is 12.1 Å². The van der Waals surface area contributed by atoms with Crippen LogP contribution in [0.5, 0.6) is 5.75 Å². The number of hydrogen-bond donors (Lipinski definition) is 1. The van der Waals surface area contributed by atoms with Gasteiger partial charge in [0.2, 0.25) is 0 Å². The summed E-state index contributed by atoms with van der Waals surface area (Å²) in [5, 5.41) is 3.11. The van der Waals surface area contributed by atoms with E-state index in [9.17, 15) is 4.79 Å². The topological polar surface area (TPSA) is 60.5 Å². The molecule has 0 fully saturated rings. The van der Waals surface area contributed by atoms with E-state index >= 15 is 0 Å². The van der Waals surface area contributed by atoms with Gasteiger partial charge in [-0.3, -0.25) is 15.1 Å². The molecule has 1 unspecified atom stereocenters. The first kappa shape index (κ1) is 20.4. The second-order valence-electron chi connectivity index (χ2n) is 5.96. The number of aromatic nitrogens is 1. The maximum atomic E-state index is 11.5. The van der Waals surface area contributed by atoms with Crippen LogP contribution in [0.1, 0.15) is 26.5 Å². The van der Waals surface area contributed by atoms with Gasteiger partial charge in [0.15, 0.2) is 0 Å². The van der Waals surface area contributed by atoms with Crippen LogP contribution in [0.25, 0.3) is 11.3 Å². The lowest BCUT2D eigenvalue weighted by Gasteiger charge is -2.12. The zero-order valence-electron chi connectivity index (χ0n) is 16.2. The highest BCUT2D eigenvalue weighted by molar-refractivity contribution is 5.75. The predicted molar refractivity (Wildman–Crippen MR) is 107 cm³/mol. The van der Waals surface area contributed by atoms with Crippen LogP contribution in [0.3, 0.4) is 0 Å². The molecule has 0 bridgehead atoms. The van der Waals surface area contributed by atoms with Crippen LogP contribution in [0, 0.1) is 0 Å². The smallest absolute Gasteiger partial charge is 0.322 e. The number of ether oxygens (including phenoxy) is 2. The average Bonchev–Trinajstić information content (AvgIpc) is 2.71. The molecule has 1 heterocycles. The van der Waals surface area contributed by atoms with Crippen LogP contribution in [0.2, 0.25) is 0 Å². The summed E-state index contributed by atoms with van der Waals surface area (Å²) in [5.74, 6) is 1.28. The van der Waals surface area contributed by atoms with Gasteiger partial charge in [-0.05, 0) is 69.3 Å². The van der Waals surface area contributed by atoms with Crippen LogP contribution in [0.15, 0.2) is 66.5 Å². The first-order valence-electron chi connectivity index (χ1n) is 8.91. The fraction of sp³-hybridized carbons (Fsp3) is 0.273. The summed E-state index contributed by atoms with van der Waals surface area (Å²) in [6.45, 7) is 6.14. The summed E-state index contributed by atoms with van der Waals surface area (Å²) < 4.78 is 10.5. The van der Waals surface area contributed by atoms with Gasteiger partial charge in [-0.15, -0.1) is 0 Å². The van der Waals surface area contributed by atoms with E-state index in [2.05, 4.69) is 10.3 Å². The molecule has 0 saturated heterocycles. The minimum atomic E-state index is -0.380. The van der Waals surface area contributed by atoms with Crippen LogP contribution in [-0.4, -0.2) is 24.1 Å².